The van der Waals surface area contributed by atoms with Crippen LogP contribution in [0.2, 0.25) is 0 Å². The quantitative estimate of drug-likeness (QED) is 0.845. The summed E-state index contributed by atoms with van der Waals surface area (Å²) in [6, 6.07) is 8.90. The van der Waals surface area contributed by atoms with Gasteiger partial charge in [-0.15, -0.1) is 0 Å². The molecular weight excluding hydrogens is 198 g/mol. The van der Waals surface area contributed by atoms with Gasteiger partial charge in [-0.3, -0.25) is 0 Å². The Morgan fingerprint density at radius 3 is 2.44 bits per heavy atom. The monoisotopic (exact) mass is 219 g/mol. The number of aryl methyl sites for hydroxylation is 1. The van der Waals surface area contributed by atoms with Gasteiger partial charge in [0.1, 0.15) is 0 Å². The van der Waals surface area contributed by atoms with Crippen LogP contribution in [0.3, 0.4) is 0 Å². The van der Waals surface area contributed by atoms with E-state index < -0.39 is 0 Å². The zero-order chi connectivity index (χ0) is 11.4. The highest BCUT2D eigenvalue weighted by molar-refractivity contribution is 5.21. The van der Waals surface area contributed by atoms with E-state index in [0.717, 1.165) is 19.3 Å². The minimum atomic E-state index is 0.245. The summed E-state index contributed by atoms with van der Waals surface area (Å²) in [5.74, 6) is 0. The minimum Gasteiger partial charge on any atom is -0.372 e. The molecule has 1 aromatic carbocycles. The summed E-state index contributed by atoms with van der Waals surface area (Å²) >= 11 is 0. The molecule has 2 rings (SSSR count). The molecule has 2 unspecified atom stereocenters. The SMILES string of the molecule is CCc1ccc(COC2CCCC2N)cc1. The molecule has 0 aromatic heterocycles. The number of rotatable bonds is 4. The van der Waals surface area contributed by atoms with Crippen molar-refractivity contribution >= 4 is 0 Å². The Morgan fingerprint density at radius 2 is 1.88 bits per heavy atom. The van der Waals surface area contributed by atoms with Crippen LogP contribution in [-0.2, 0) is 17.8 Å². The minimum absolute atomic E-state index is 0.245. The average Bonchev–Trinajstić information content (AvgIpc) is 2.73. The Balaban J connectivity index is 1.84. The molecule has 2 atom stereocenters. The van der Waals surface area contributed by atoms with Gasteiger partial charge in [-0.25, -0.2) is 0 Å². The number of benzene rings is 1. The fraction of sp³-hybridized carbons (Fsp3) is 0.571. The van der Waals surface area contributed by atoms with Crippen molar-refractivity contribution in [3.63, 3.8) is 0 Å². The normalized spacial score (nSPS) is 24.9. The first-order chi connectivity index (χ1) is 7.79. The lowest BCUT2D eigenvalue weighted by Gasteiger charge is -2.16. The Morgan fingerprint density at radius 1 is 1.19 bits per heavy atom. The van der Waals surface area contributed by atoms with Gasteiger partial charge in [0.25, 0.3) is 0 Å². The number of ether oxygens (including phenoxy) is 1. The van der Waals surface area contributed by atoms with Gasteiger partial charge in [0.15, 0.2) is 0 Å². The van der Waals surface area contributed by atoms with Crippen LogP contribution in [0.1, 0.15) is 37.3 Å². The molecule has 0 radical (unpaired) electrons. The van der Waals surface area contributed by atoms with Gasteiger partial charge >= 0.3 is 0 Å². The summed E-state index contributed by atoms with van der Waals surface area (Å²) in [4.78, 5) is 0. The Kier molecular flexibility index (Phi) is 3.97. The van der Waals surface area contributed by atoms with Crippen molar-refractivity contribution in [3.05, 3.63) is 35.4 Å². The van der Waals surface area contributed by atoms with Crippen molar-refractivity contribution in [1.82, 2.24) is 0 Å². The van der Waals surface area contributed by atoms with E-state index in [-0.39, 0.29) is 12.1 Å². The largest absolute Gasteiger partial charge is 0.372 e. The predicted octanol–water partition coefficient (Wildman–Crippen LogP) is 2.65. The first-order valence-corrected chi connectivity index (χ1v) is 6.24. The van der Waals surface area contributed by atoms with E-state index in [4.69, 9.17) is 10.5 Å². The van der Waals surface area contributed by atoms with Gasteiger partial charge < -0.3 is 10.5 Å². The van der Waals surface area contributed by atoms with Crippen LogP contribution in [-0.4, -0.2) is 12.1 Å². The molecule has 16 heavy (non-hydrogen) atoms. The topological polar surface area (TPSA) is 35.2 Å². The van der Waals surface area contributed by atoms with Crippen LogP contribution in [0.5, 0.6) is 0 Å². The Bertz CT molecular complexity index is 320. The predicted molar refractivity (Wildman–Crippen MR) is 66.2 cm³/mol. The molecule has 1 aliphatic carbocycles. The van der Waals surface area contributed by atoms with E-state index in [0.29, 0.717) is 6.61 Å². The van der Waals surface area contributed by atoms with Crippen molar-refractivity contribution < 1.29 is 4.74 Å². The summed E-state index contributed by atoms with van der Waals surface area (Å²) in [6.07, 6.45) is 4.80. The molecule has 0 saturated heterocycles. The van der Waals surface area contributed by atoms with Crippen LogP contribution in [0.4, 0.5) is 0 Å². The maximum absolute atomic E-state index is 5.96. The Hall–Kier alpha value is -0.860. The molecule has 1 aromatic rings. The first kappa shape index (κ1) is 11.6. The highest BCUT2D eigenvalue weighted by atomic mass is 16.5. The molecule has 2 nitrogen and oxygen atoms in total. The zero-order valence-electron chi connectivity index (χ0n) is 9.99. The van der Waals surface area contributed by atoms with Crippen molar-refractivity contribution in [3.8, 4) is 0 Å². The van der Waals surface area contributed by atoms with Crippen molar-refractivity contribution in [1.29, 1.82) is 0 Å². The standard InChI is InChI=1S/C14H21NO/c1-2-11-6-8-12(9-7-11)10-16-14-5-3-4-13(14)15/h6-9,13-14H,2-5,10,15H2,1H3. The zero-order valence-corrected chi connectivity index (χ0v) is 9.99. The lowest BCUT2D eigenvalue weighted by molar-refractivity contribution is 0.0357. The Labute approximate surface area is 97.8 Å². The molecular formula is C14H21NO. The van der Waals surface area contributed by atoms with E-state index in [1.807, 2.05) is 0 Å². The molecule has 0 spiro atoms. The molecule has 0 heterocycles. The van der Waals surface area contributed by atoms with E-state index in [9.17, 15) is 0 Å². The number of hydrogen-bond acceptors (Lipinski definition) is 2. The van der Waals surface area contributed by atoms with Gasteiger partial charge in [-0.1, -0.05) is 31.2 Å². The number of nitrogens with two attached hydrogens (primary N) is 1. The fourth-order valence-corrected chi connectivity index (χ4v) is 2.24. The van der Waals surface area contributed by atoms with Crippen LogP contribution in [0.15, 0.2) is 24.3 Å². The van der Waals surface area contributed by atoms with Crippen LogP contribution in [0.25, 0.3) is 0 Å². The van der Waals surface area contributed by atoms with Gasteiger partial charge in [-0.2, -0.15) is 0 Å². The van der Waals surface area contributed by atoms with Gasteiger partial charge in [-0.05, 0) is 36.8 Å². The lowest BCUT2D eigenvalue weighted by Crippen LogP contribution is -2.31. The smallest absolute Gasteiger partial charge is 0.0730 e. The summed E-state index contributed by atoms with van der Waals surface area (Å²) in [5, 5.41) is 0. The van der Waals surface area contributed by atoms with Crippen molar-refractivity contribution in [2.24, 2.45) is 5.73 Å². The second-order valence-corrected chi connectivity index (χ2v) is 4.61. The van der Waals surface area contributed by atoms with Crippen LogP contribution >= 0.6 is 0 Å². The van der Waals surface area contributed by atoms with Gasteiger partial charge in [0.05, 0.1) is 12.7 Å². The molecule has 88 valence electrons. The van der Waals surface area contributed by atoms with E-state index >= 15 is 0 Å². The van der Waals surface area contributed by atoms with E-state index in [1.54, 1.807) is 0 Å². The molecule has 2 N–H and O–H groups in total. The molecule has 1 saturated carbocycles. The highest BCUT2D eigenvalue weighted by Gasteiger charge is 2.24. The van der Waals surface area contributed by atoms with E-state index in [2.05, 4.69) is 31.2 Å². The third-order valence-corrected chi connectivity index (χ3v) is 3.40. The molecule has 1 aliphatic rings. The van der Waals surface area contributed by atoms with Crippen molar-refractivity contribution in [2.45, 2.75) is 51.4 Å². The van der Waals surface area contributed by atoms with Crippen LogP contribution < -0.4 is 5.73 Å². The number of hydrogen-bond donors (Lipinski definition) is 1. The van der Waals surface area contributed by atoms with Gasteiger partial charge in [0, 0.05) is 6.04 Å². The second-order valence-electron chi connectivity index (χ2n) is 4.61. The highest BCUT2D eigenvalue weighted by Crippen LogP contribution is 2.21. The molecule has 2 heteroatoms. The summed E-state index contributed by atoms with van der Waals surface area (Å²) < 4.78 is 5.85. The second kappa shape index (κ2) is 5.46. The fourth-order valence-electron chi connectivity index (χ4n) is 2.24. The summed E-state index contributed by atoms with van der Waals surface area (Å²) in [5.41, 5.74) is 8.59. The van der Waals surface area contributed by atoms with E-state index in [1.165, 1.54) is 17.5 Å². The first-order valence-electron chi connectivity index (χ1n) is 6.24. The maximum Gasteiger partial charge on any atom is 0.0730 e. The lowest BCUT2D eigenvalue weighted by atomic mass is 10.1. The molecule has 1 fully saturated rings. The third kappa shape index (κ3) is 2.83. The maximum atomic E-state index is 5.96. The van der Waals surface area contributed by atoms with Crippen LogP contribution in [0, 0.1) is 0 Å². The molecule has 0 amide bonds. The van der Waals surface area contributed by atoms with Crippen molar-refractivity contribution in [2.75, 3.05) is 0 Å². The average molecular weight is 219 g/mol. The van der Waals surface area contributed by atoms with Gasteiger partial charge in [0.2, 0.25) is 0 Å². The molecule has 0 bridgehead atoms. The molecule has 0 aliphatic heterocycles. The third-order valence-electron chi connectivity index (χ3n) is 3.40. The summed E-state index contributed by atoms with van der Waals surface area (Å²) in [6.45, 7) is 2.87. The summed E-state index contributed by atoms with van der Waals surface area (Å²) in [7, 11) is 0.